The monoisotopic (exact) mass is 508 g/mol. The Morgan fingerprint density at radius 3 is 0.652 bits per heavy atom. The Morgan fingerprint density at radius 1 is 0.435 bits per heavy atom. The van der Waals surface area contributed by atoms with Crippen LogP contribution in [0.1, 0.15) is 41.5 Å². The first-order valence-corrected chi connectivity index (χ1v) is 9.26. The van der Waals surface area contributed by atoms with Crippen LogP contribution in [0, 0.1) is 0 Å². The molecule has 0 N–H and O–H groups in total. The molecule has 6 nitrogen and oxygen atoms in total. The summed E-state index contributed by atoms with van der Waals surface area (Å²) < 4.78 is 30.9. The molecule has 0 rings (SSSR count). The molecule has 148 valence electrons. The van der Waals surface area contributed by atoms with Gasteiger partial charge in [0.2, 0.25) is 0 Å². The van der Waals surface area contributed by atoms with Gasteiger partial charge in [0.25, 0.3) is 0 Å². The predicted octanol–water partition coefficient (Wildman–Crippen LogP) is -1.35. The summed E-state index contributed by atoms with van der Waals surface area (Å²) in [6.07, 6.45) is 0. The SMILES string of the molecule is CCOP(OCC)OCC.CCOP(OCC)OCC.[Cl-].[Cl-].[Pd+2]. The predicted molar refractivity (Wildman–Crippen MR) is 83.6 cm³/mol. The molecule has 0 atom stereocenters. The first-order valence-electron chi connectivity index (χ1n) is 7.07. The molecule has 0 saturated carbocycles. The van der Waals surface area contributed by atoms with Crippen molar-refractivity contribution in [3.8, 4) is 0 Å². The van der Waals surface area contributed by atoms with Crippen LogP contribution >= 0.6 is 17.2 Å². The Labute approximate surface area is 170 Å². The summed E-state index contributed by atoms with van der Waals surface area (Å²) in [7, 11) is -2.12. The average Bonchev–Trinajstić information content (AvgIpc) is 2.41. The van der Waals surface area contributed by atoms with Crippen LogP contribution in [-0.4, -0.2) is 39.6 Å². The standard InChI is InChI=1S/2C6H15O3P.2ClH.Pd/c2*1-4-7-10(8-5-2)9-6-3;;;/h2*4-6H2,1-3H3;2*1H;/q;;;;+2/p-2. The quantitative estimate of drug-likeness (QED) is 0.240. The van der Waals surface area contributed by atoms with Gasteiger partial charge in [-0.1, -0.05) is 0 Å². The van der Waals surface area contributed by atoms with E-state index in [2.05, 4.69) is 0 Å². The normalized spacial score (nSPS) is 9.39. The van der Waals surface area contributed by atoms with Crippen molar-refractivity contribution in [3.05, 3.63) is 0 Å². The molecule has 0 radical (unpaired) electrons. The van der Waals surface area contributed by atoms with Crippen molar-refractivity contribution >= 4 is 17.2 Å². The van der Waals surface area contributed by atoms with E-state index in [1.807, 2.05) is 41.5 Å². The van der Waals surface area contributed by atoms with Gasteiger partial charge in [-0.3, -0.25) is 0 Å². The van der Waals surface area contributed by atoms with Gasteiger partial charge in [-0.15, -0.1) is 0 Å². The van der Waals surface area contributed by atoms with Gasteiger partial charge in [0, 0.05) is 0 Å². The molecule has 0 aromatic carbocycles. The van der Waals surface area contributed by atoms with Gasteiger partial charge < -0.3 is 52.0 Å². The first kappa shape index (κ1) is 35.9. The van der Waals surface area contributed by atoms with Crippen LogP contribution in [0.2, 0.25) is 0 Å². The maximum atomic E-state index is 5.14. The molecule has 0 bridgehead atoms. The molecule has 0 aliphatic heterocycles. The number of halogens is 2. The van der Waals surface area contributed by atoms with Gasteiger partial charge in [-0.25, -0.2) is 0 Å². The Morgan fingerprint density at radius 2 is 0.565 bits per heavy atom. The molecule has 0 saturated heterocycles. The van der Waals surface area contributed by atoms with E-state index in [1.54, 1.807) is 0 Å². The third kappa shape index (κ3) is 28.9. The van der Waals surface area contributed by atoms with E-state index in [4.69, 9.17) is 27.1 Å². The van der Waals surface area contributed by atoms with Crippen molar-refractivity contribution in [3.63, 3.8) is 0 Å². The fourth-order valence-corrected chi connectivity index (χ4v) is 2.57. The Bertz CT molecular complexity index is 145. The number of hydrogen-bond acceptors (Lipinski definition) is 6. The number of hydrogen-bond donors (Lipinski definition) is 0. The molecule has 0 heterocycles. The fraction of sp³-hybridized carbons (Fsp3) is 1.00. The molecule has 0 aliphatic carbocycles. The van der Waals surface area contributed by atoms with Crippen LogP contribution in [0.25, 0.3) is 0 Å². The summed E-state index contributed by atoms with van der Waals surface area (Å²) in [5, 5.41) is 0. The Kier molecular flexibility index (Phi) is 49.3. The second kappa shape index (κ2) is 31.6. The van der Waals surface area contributed by atoms with Crippen molar-refractivity contribution in [1.29, 1.82) is 0 Å². The van der Waals surface area contributed by atoms with Gasteiger partial charge in [0.1, 0.15) is 0 Å². The van der Waals surface area contributed by atoms with E-state index in [9.17, 15) is 0 Å². The van der Waals surface area contributed by atoms with E-state index < -0.39 is 17.2 Å². The molecule has 0 aromatic rings. The maximum Gasteiger partial charge on any atom is 2.00 e. The van der Waals surface area contributed by atoms with Crippen LogP contribution in [-0.2, 0) is 47.6 Å². The van der Waals surface area contributed by atoms with Crippen LogP contribution in [0.15, 0.2) is 0 Å². The molecule has 0 spiro atoms. The zero-order chi connectivity index (χ0) is 15.6. The second-order valence-electron chi connectivity index (χ2n) is 2.95. The molecule has 0 unspecified atom stereocenters. The molecule has 0 aromatic heterocycles. The largest absolute Gasteiger partial charge is 2.00 e. The summed E-state index contributed by atoms with van der Waals surface area (Å²) in [6.45, 7) is 15.4. The van der Waals surface area contributed by atoms with E-state index in [-0.39, 0.29) is 45.2 Å². The van der Waals surface area contributed by atoms with Gasteiger partial charge in [0.05, 0.1) is 39.6 Å². The van der Waals surface area contributed by atoms with Crippen molar-refractivity contribution in [2.75, 3.05) is 39.6 Å². The van der Waals surface area contributed by atoms with Gasteiger partial charge in [-0.2, -0.15) is 0 Å². The summed E-state index contributed by atoms with van der Waals surface area (Å²) in [6, 6.07) is 0. The van der Waals surface area contributed by atoms with Gasteiger partial charge >= 0.3 is 37.6 Å². The molecular weight excluding hydrogens is 479 g/mol. The first-order chi connectivity index (χ1) is 9.69. The molecule has 11 heteroatoms. The minimum absolute atomic E-state index is 0. The van der Waals surface area contributed by atoms with Crippen molar-refractivity contribution in [2.45, 2.75) is 41.5 Å². The zero-order valence-corrected chi connectivity index (χ0v) is 19.5. The molecule has 0 amide bonds. The summed E-state index contributed by atoms with van der Waals surface area (Å²) in [4.78, 5) is 0. The smallest absolute Gasteiger partial charge is 1.00 e. The molecular formula is C12H30Cl2O6P2Pd. The fourth-order valence-electron chi connectivity index (χ4n) is 0.856. The summed E-state index contributed by atoms with van der Waals surface area (Å²) >= 11 is 0. The van der Waals surface area contributed by atoms with Gasteiger partial charge in [-0.05, 0) is 41.5 Å². The molecule has 0 aliphatic rings. The third-order valence-corrected chi connectivity index (χ3v) is 4.22. The van der Waals surface area contributed by atoms with E-state index in [0.717, 1.165) is 0 Å². The zero-order valence-electron chi connectivity index (χ0n) is 14.7. The van der Waals surface area contributed by atoms with E-state index in [1.165, 1.54) is 0 Å². The topological polar surface area (TPSA) is 55.4 Å². The molecule has 0 fully saturated rings. The van der Waals surface area contributed by atoms with E-state index in [0.29, 0.717) is 39.6 Å². The number of rotatable bonds is 12. The van der Waals surface area contributed by atoms with Crippen LogP contribution in [0.4, 0.5) is 0 Å². The third-order valence-electron chi connectivity index (χ3n) is 1.41. The van der Waals surface area contributed by atoms with Gasteiger partial charge in [0.15, 0.2) is 0 Å². The minimum atomic E-state index is -1.06. The average molecular weight is 510 g/mol. The second-order valence-corrected chi connectivity index (χ2v) is 5.40. The summed E-state index contributed by atoms with van der Waals surface area (Å²) in [5.41, 5.74) is 0. The van der Waals surface area contributed by atoms with Crippen LogP contribution in [0.5, 0.6) is 0 Å². The molecule has 23 heavy (non-hydrogen) atoms. The van der Waals surface area contributed by atoms with Crippen molar-refractivity contribution in [1.82, 2.24) is 0 Å². The summed E-state index contributed by atoms with van der Waals surface area (Å²) in [5.74, 6) is 0. The van der Waals surface area contributed by atoms with Crippen molar-refractivity contribution < 1.29 is 72.4 Å². The Balaban J connectivity index is -0.0000000831. The minimum Gasteiger partial charge on any atom is -1.00 e. The Hall–Kier alpha value is 1.86. The van der Waals surface area contributed by atoms with E-state index >= 15 is 0 Å². The maximum absolute atomic E-state index is 5.14. The van der Waals surface area contributed by atoms with Crippen molar-refractivity contribution in [2.24, 2.45) is 0 Å². The van der Waals surface area contributed by atoms with Crippen LogP contribution < -0.4 is 24.8 Å². The van der Waals surface area contributed by atoms with Crippen LogP contribution in [0.3, 0.4) is 0 Å².